The molecule has 2 heterocycles. The van der Waals surface area contributed by atoms with Gasteiger partial charge in [0.25, 0.3) is 0 Å². The van der Waals surface area contributed by atoms with Crippen LogP contribution < -0.4 is 0 Å². The van der Waals surface area contributed by atoms with Gasteiger partial charge < -0.3 is 5.11 Å². The van der Waals surface area contributed by atoms with Gasteiger partial charge in [-0.1, -0.05) is 30.3 Å². The van der Waals surface area contributed by atoms with Crippen LogP contribution in [0.4, 0.5) is 0 Å². The van der Waals surface area contributed by atoms with Crippen LogP contribution in [0.5, 0.6) is 0 Å². The number of rotatable bonds is 1. The highest BCUT2D eigenvalue weighted by atomic mass is 16.3. The summed E-state index contributed by atoms with van der Waals surface area (Å²) in [4.78, 5) is 2.38. The lowest BCUT2D eigenvalue weighted by atomic mass is 9.83. The third-order valence-corrected chi connectivity index (χ3v) is 4.45. The number of fused-ring (bicyclic) bond motifs is 2. The second-order valence-corrected chi connectivity index (χ2v) is 5.21. The van der Waals surface area contributed by atoms with E-state index in [4.69, 9.17) is 0 Å². The Morgan fingerprint density at radius 1 is 1.19 bits per heavy atom. The SMILES string of the molecule is CN1[C@H]2CC[C@H]1[C@H](O)[C@@H](c1ccccc1)C2. The minimum absolute atomic E-state index is 0.189. The molecule has 0 radical (unpaired) electrons. The summed E-state index contributed by atoms with van der Waals surface area (Å²) in [5.74, 6) is 0.342. The van der Waals surface area contributed by atoms with Crippen molar-refractivity contribution in [2.24, 2.45) is 0 Å². The molecule has 2 aliphatic heterocycles. The third kappa shape index (κ3) is 1.48. The van der Waals surface area contributed by atoms with Gasteiger partial charge in [-0.2, -0.15) is 0 Å². The van der Waals surface area contributed by atoms with Crippen LogP contribution in [0.25, 0.3) is 0 Å². The van der Waals surface area contributed by atoms with Crippen molar-refractivity contribution in [2.75, 3.05) is 7.05 Å². The maximum absolute atomic E-state index is 10.4. The van der Waals surface area contributed by atoms with Crippen LogP contribution >= 0.6 is 0 Å². The van der Waals surface area contributed by atoms with Gasteiger partial charge in [-0.05, 0) is 31.9 Å². The van der Waals surface area contributed by atoms with Crippen molar-refractivity contribution in [3.8, 4) is 0 Å². The smallest absolute Gasteiger partial charge is 0.0764 e. The molecule has 0 unspecified atom stereocenters. The average Bonchev–Trinajstić information content (AvgIpc) is 2.57. The fourth-order valence-electron chi connectivity index (χ4n) is 3.47. The summed E-state index contributed by atoms with van der Waals surface area (Å²) in [5.41, 5.74) is 1.31. The summed E-state index contributed by atoms with van der Waals surface area (Å²) >= 11 is 0. The number of benzene rings is 1. The Labute approximate surface area is 96.9 Å². The number of likely N-dealkylation sites (N-methyl/N-ethyl adjacent to an activating group) is 1. The Kier molecular flexibility index (Phi) is 2.49. The van der Waals surface area contributed by atoms with Gasteiger partial charge in [0.05, 0.1) is 6.10 Å². The van der Waals surface area contributed by atoms with E-state index in [1.54, 1.807) is 0 Å². The first-order valence-corrected chi connectivity index (χ1v) is 6.22. The van der Waals surface area contributed by atoms with E-state index in [0.717, 1.165) is 12.8 Å². The predicted molar refractivity (Wildman–Crippen MR) is 64.4 cm³/mol. The number of hydrogen-bond donors (Lipinski definition) is 1. The van der Waals surface area contributed by atoms with Crippen molar-refractivity contribution in [2.45, 2.75) is 43.4 Å². The largest absolute Gasteiger partial charge is 0.391 e. The standard InChI is InChI=1S/C14H19NO/c1-15-11-7-8-13(15)14(16)12(9-11)10-5-3-2-4-6-10/h2-6,11-14,16H,7-9H2,1H3/t11-,12+,13-,14+/m0/s1. The molecule has 16 heavy (non-hydrogen) atoms. The monoisotopic (exact) mass is 217 g/mol. The highest BCUT2D eigenvalue weighted by Gasteiger charge is 2.44. The molecule has 1 aromatic rings. The molecule has 0 aromatic heterocycles. The van der Waals surface area contributed by atoms with Crippen molar-refractivity contribution in [1.29, 1.82) is 0 Å². The molecule has 1 N–H and O–H groups in total. The van der Waals surface area contributed by atoms with E-state index in [2.05, 4.69) is 36.2 Å². The van der Waals surface area contributed by atoms with Gasteiger partial charge >= 0.3 is 0 Å². The minimum atomic E-state index is -0.189. The summed E-state index contributed by atoms with van der Waals surface area (Å²) in [7, 11) is 2.16. The van der Waals surface area contributed by atoms with E-state index in [1.807, 2.05) is 6.07 Å². The number of nitrogens with zero attached hydrogens (tertiary/aromatic N) is 1. The van der Waals surface area contributed by atoms with Gasteiger partial charge in [0, 0.05) is 18.0 Å². The van der Waals surface area contributed by atoms with Crippen molar-refractivity contribution in [3.05, 3.63) is 35.9 Å². The lowest BCUT2D eigenvalue weighted by Crippen LogP contribution is -2.48. The molecule has 86 valence electrons. The van der Waals surface area contributed by atoms with Crippen LogP contribution in [0, 0.1) is 0 Å². The zero-order chi connectivity index (χ0) is 11.1. The van der Waals surface area contributed by atoms with Gasteiger partial charge in [-0.15, -0.1) is 0 Å². The van der Waals surface area contributed by atoms with E-state index in [1.165, 1.54) is 12.0 Å². The third-order valence-electron chi connectivity index (χ3n) is 4.45. The molecule has 2 bridgehead atoms. The van der Waals surface area contributed by atoms with Gasteiger partial charge in [-0.3, -0.25) is 4.90 Å². The van der Waals surface area contributed by atoms with Gasteiger partial charge in [0.15, 0.2) is 0 Å². The van der Waals surface area contributed by atoms with Crippen LogP contribution in [0.15, 0.2) is 30.3 Å². The summed E-state index contributed by atoms with van der Waals surface area (Å²) in [6.45, 7) is 0. The number of piperidine rings is 1. The quantitative estimate of drug-likeness (QED) is 0.777. The van der Waals surface area contributed by atoms with E-state index >= 15 is 0 Å². The van der Waals surface area contributed by atoms with Crippen LogP contribution in [0.1, 0.15) is 30.7 Å². The van der Waals surface area contributed by atoms with Crippen LogP contribution in [-0.4, -0.2) is 35.2 Å². The topological polar surface area (TPSA) is 23.5 Å². The van der Waals surface area contributed by atoms with Gasteiger partial charge in [0.1, 0.15) is 0 Å². The molecule has 2 fully saturated rings. The Bertz CT molecular complexity index is 364. The molecular formula is C14H19NO. The Hall–Kier alpha value is -0.860. The summed E-state index contributed by atoms with van der Waals surface area (Å²) in [6.07, 6.45) is 3.33. The van der Waals surface area contributed by atoms with E-state index < -0.39 is 0 Å². The van der Waals surface area contributed by atoms with Crippen molar-refractivity contribution < 1.29 is 5.11 Å². The summed E-state index contributed by atoms with van der Waals surface area (Å²) in [5, 5.41) is 10.4. The molecular weight excluding hydrogens is 198 g/mol. The van der Waals surface area contributed by atoms with Crippen LogP contribution in [0.3, 0.4) is 0 Å². The first kappa shape index (κ1) is 10.3. The molecule has 1 aromatic carbocycles. The fraction of sp³-hybridized carbons (Fsp3) is 0.571. The van der Waals surface area contributed by atoms with Crippen molar-refractivity contribution >= 4 is 0 Å². The predicted octanol–water partition coefficient (Wildman–Crippen LogP) is 2.00. The Balaban J connectivity index is 1.88. The van der Waals surface area contributed by atoms with Gasteiger partial charge in [-0.25, -0.2) is 0 Å². The average molecular weight is 217 g/mol. The lowest BCUT2D eigenvalue weighted by molar-refractivity contribution is 0.0112. The normalized spacial score (nSPS) is 38.9. The molecule has 2 aliphatic rings. The lowest BCUT2D eigenvalue weighted by Gasteiger charge is -2.40. The second-order valence-electron chi connectivity index (χ2n) is 5.21. The highest BCUT2D eigenvalue weighted by molar-refractivity contribution is 5.23. The molecule has 3 rings (SSSR count). The van der Waals surface area contributed by atoms with Crippen molar-refractivity contribution in [3.63, 3.8) is 0 Å². The van der Waals surface area contributed by atoms with E-state index in [9.17, 15) is 5.11 Å². The molecule has 0 amide bonds. The summed E-state index contributed by atoms with van der Waals surface area (Å²) < 4.78 is 0. The molecule has 0 aliphatic carbocycles. The molecule has 2 heteroatoms. The van der Waals surface area contributed by atoms with Crippen LogP contribution in [-0.2, 0) is 0 Å². The second kappa shape index (κ2) is 3.86. The fourth-order valence-corrected chi connectivity index (χ4v) is 3.47. The zero-order valence-electron chi connectivity index (χ0n) is 9.71. The molecule has 2 nitrogen and oxygen atoms in total. The molecule has 0 saturated carbocycles. The minimum Gasteiger partial charge on any atom is -0.391 e. The van der Waals surface area contributed by atoms with Crippen molar-refractivity contribution in [1.82, 2.24) is 4.90 Å². The molecule has 0 spiro atoms. The van der Waals surface area contributed by atoms with E-state index in [-0.39, 0.29) is 6.10 Å². The maximum atomic E-state index is 10.4. The Morgan fingerprint density at radius 2 is 1.94 bits per heavy atom. The van der Waals surface area contributed by atoms with Crippen LogP contribution in [0.2, 0.25) is 0 Å². The van der Waals surface area contributed by atoms with Gasteiger partial charge in [0.2, 0.25) is 0 Å². The molecule has 2 saturated heterocycles. The first-order valence-electron chi connectivity index (χ1n) is 6.22. The maximum Gasteiger partial charge on any atom is 0.0764 e. The highest BCUT2D eigenvalue weighted by Crippen LogP contribution is 2.42. The van der Waals surface area contributed by atoms with E-state index in [0.29, 0.717) is 18.0 Å². The first-order chi connectivity index (χ1) is 7.77. The Morgan fingerprint density at radius 3 is 2.69 bits per heavy atom. The summed E-state index contributed by atoms with van der Waals surface area (Å²) in [6, 6.07) is 11.5. The number of aliphatic hydroxyl groups is 1. The zero-order valence-corrected chi connectivity index (χ0v) is 9.71. The number of hydrogen-bond acceptors (Lipinski definition) is 2. The number of aliphatic hydroxyl groups excluding tert-OH is 1. The molecule has 4 atom stereocenters.